The first-order chi connectivity index (χ1) is 11.1. The van der Waals surface area contributed by atoms with Crippen molar-refractivity contribution in [3.63, 3.8) is 0 Å². The fraction of sp³-hybridized carbons (Fsp3) is 0.188. The van der Waals surface area contributed by atoms with Gasteiger partial charge in [-0.2, -0.15) is 0 Å². The Morgan fingerprint density at radius 2 is 1.87 bits per heavy atom. The van der Waals surface area contributed by atoms with Crippen molar-refractivity contribution in [2.75, 3.05) is 19.5 Å². The van der Waals surface area contributed by atoms with Crippen molar-refractivity contribution in [3.8, 4) is 11.5 Å². The van der Waals surface area contributed by atoms with E-state index in [1.54, 1.807) is 14.2 Å². The predicted octanol–water partition coefficient (Wildman–Crippen LogP) is 3.25. The van der Waals surface area contributed by atoms with Crippen molar-refractivity contribution in [2.45, 2.75) is 6.54 Å². The molecule has 6 nitrogen and oxygen atoms in total. The molecule has 0 saturated carbocycles. The zero-order valence-corrected chi connectivity index (χ0v) is 14.3. The van der Waals surface area contributed by atoms with Gasteiger partial charge in [-0.25, -0.2) is 4.79 Å². The smallest absolute Gasteiger partial charge is 0.323 e. The lowest BCUT2D eigenvalue weighted by molar-refractivity contribution is 0.351. The topological polar surface area (TPSA) is 79.1 Å². The molecule has 0 spiro atoms. The lowest BCUT2D eigenvalue weighted by atomic mass is 10.1. The van der Waals surface area contributed by atoms with E-state index in [2.05, 4.69) is 31.2 Å². The van der Waals surface area contributed by atoms with E-state index in [0.29, 0.717) is 18.0 Å². The van der Waals surface area contributed by atoms with Crippen LogP contribution in [0, 0.1) is 0 Å². The minimum absolute atomic E-state index is 0.214. The molecule has 3 aromatic rings. The summed E-state index contributed by atoms with van der Waals surface area (Å²) in [5.41, 5.74) is 3.17. The Labute approximate surface area is 140 Å². The highest BCUT2D eigenvalue weighted by Gasteiger charge is 2.13. The normalized spacial score (nSPS) is 10.7. The molecule has 0 unspecified atom stereocenters. The number of hydrogen-bond donors (Lipinski definition) is 3. The van der Waals surface area contributed by atoms with Gasteiger partial charge in [-0.05, 0) is 30.3 Å². The minimum atomic E-state index is -0.214. The van der Waals surface area contributed by atoms with Gasteiger partial charge in [-0.1, -0.05) is 15.9 Å². The van der Waals surface area contributed by atoms with Gasteiger partial charge in [-0.3, -0.25) is 0 Å². The maximum Gasteiger partial charge on any atom is 0.323 e. The van der Waals surface area contributed by atoms with Crippen LogP contribution in [0.25, 0.3) is 11.0 Å². The summed E-state index contributed by atoms with van der Waals surface area (Å²) in [5, 5.41) is 3.33. The zero-order valence-electron chi connectivity index (χ0n) is 12.7. The van der Waals surface area contributed by atoms with Crippen LogP contribution < -0.4 is 20.5 Å². The first kappa shape index (κ1) is 15.5. The standard InChI is InChI=1S/C16H16BrN3O3/c1-22-14-6-4-11(17)10(15(14)23-2)8-18-9-3-5-12-13(7-9)20-16(21)19-12/h3-7,18H,8H2,1-2H3,(H2,19,20,21). The molecule has 0 radical (unpaired) electrons. The highest BCUT2D eigenvalue weighted by atomic mass is 79.9. The van der Waals surface area contributed by atoms with Crippen LogP contribution >= 0.6 is 15.9 Å². The molecule has 0 saturated heterocycles. The van der Waals surface area contributed by atoms with Gasteiger partial charge in [0.05, 0.1) is 25.3 Å². The fourth-order valence-electron chi connectivity index (χ4n) is 2.46. The van der Waals surface area contributed by atoms with E-state index in [1.807, 2.05) is 30.3 Å². The summed E-state index contributed by atoms with van der Waals surface area (Å²) >= 11 is 3.54. The Morgan fingerprint density at radius 1 is 1.09 bits per heavy atom. The number of benzene rings is 2. The second-order valence-electron chi connectivity index (χ2n) is 4.95. The molecule has 0 amide bonds. The van der Waals surface area contributed by atoms with Crippen LogP contribution in [-0.4, -0.2) is 24.2 Å². The van der Waals surface area contributed by atoms with Crippen molar-refractivity contribution in [3.05, 3.63) is 50.9 Å². The average Bonchev–Trinajstić information content (AvgIpc) is 2.92. The molecule has 3 rings (SSSR count). The van der Waals surface area contributed by atoms with Crippen molar-refractivity contribution < 1.29 is 9.47 Å². The molecule has 1 heterocycles. The number of fused-ring (bicyclic) bond motifs is 1. The average molecular weight is 378 g/mol. The molecular formula is C16H16BrN3O3. The minimum Gasteiger partial charge on any atom is -0.493 e. The Balaban J connectivity index is 1.88. The third-order valence-electron chi connectivity index (χ3n) is 3.58. The van der Waals surface area contributed by atoms with Gasteiger partial charge < -0.3 is 24.8 Å². The van der Waals surface area contributed by atoms with Crippen LogP contribution in [0.4, 0.5) is 5.69 Å². The fourth-order valence-corrected chi connectivity index (χ4v) is 2.92. The number of anilines is 1. The molecule has 0 bridgehead atoms. The quantitative estimate of drug-likeness (QED) is 0.637. The summed E-state index contributed by atoms with van der Waals surface area (Å²) in [6.45, 7) is 0.543. The van der Waals surface area contributed by atoms with E-state index in [1.165, 1.54) is 0 Å². The molecule has 23 heavy (non-hydrogen) atoms. The number of ether oxygens (including phenoxy) is 2. The highest BCUT2D eigenvalue weighted by Crippen LogP contribution is 2.36. The molecule has 7 heteroatoms. The van der Waals surface area contributed by atoms with Crippen LogP contribution in [0.1, 0.15) is 5.56 Å². The lowest BCUT2D eigenvalue weighted by Crippen LogP contribution is -2.04. The zero-order chi connectivity index (χ0) is 16.4. The number of hydrogen-bond acceptors (Lipinski definition) is 4. The number of aromatic nitrogens is 2. The summed E-state index contributed by atoms with van der Waals surface area (Å²) in [4.78, 5) is 16.8. The van der Waals surface area contributed by atoms with Crippen molar-refractivity contribution >= 4 is 32.7 Å². The second-order valence-corrected chi connectivity index (χ2v) is 5.81. The number of methoxy groups -OCH3 is 2. The van der Waals surface area contributed by atoms with Crippen LogP contribution in [0.5, 0.6) is 11.5 Å². The van der Waals surface area contributed by atoms with E-state index < -0.39 is 0 Å². The molecular weight excluding hydrogens is 362 g/mol. The first-order valence-corrected chi connectivity index (χ1v) is 7.77. The summed E-state index contributed by atoms with van der Waals surface area (Å²) in [7, 11) is 3.23. The highest BCUT2D eigenvalue weighted by molar-refractivity contribution is 9.10. The van der Waals surface area contributed by atoms with Crippen LogP contribution in [0.15, 0.2) is 39.6 Å². The number of aromatic amines is 2. The molecule has 0 aliphatic carbocycles. The van der Waals surface area contributed by atoms with Crippen LogP contribution in [0.2, 0.25) is 0 Å². The van der Waals surface area contributed by atoms with E-state index >= 15 is 0 Å². The van der Waals surface area contributed by atoms with Crippen LogP contribution in [0.3, 0.4) is 0 Å². The third kappa shape index (κ3) is 3.05. The van der Waals surface area contributed by atoms with Gasteiger partial charge in [0.15, 0.2) is 11.5 Å². The maximum atomic E-state index is 11.3. The van der Waals surface area contributed by atoms with E-state index in [-0.39, 0.29) is 5.69 Å². The number of rotatable bonds is 5. The summed E-state index contributed by atoms with van der Waals surface area (Å²) in [6, 6.07) is 9.42. The Hall–Kier alpha value is -2.41. The van der Waals surface area contributed by atoms with E-state index in [9.17, 15) is 4.79 Å². The van der Waals surface area contributed by atoms with Gasteiger partial charge in [0.1, 0.15) is 0 Å². The lowest BCUT2D eigenvalue weighted by Gasteiger charge is -2.15. The Kier molecular flexibility index (Phi) is 4.29. The largest absolute Gasteiger partial charge is 0.493 e. The summed E-state index contributed by atoms with van der Waals surface area (Å²) in [5.74, 6) is 1.36. The van der Waals surface area contributed by atoms with Crippen molar-refractivity contribution in [1.29, 1.82) is 0 Å². The molecule has 2 aromatic carbocycles. The summed E-state index contributed by atoms with van der Waals surface area (Å²) in [6.07, 6.45) is 0. The number of halogens is 1. The molecule has 120 valence electrons. The van der Waals surface area contributed by atoms with Gasteiger partial charge in [-0.15, -0.1) is 0 Å². The van der Waals surface area contributed by atoms with Crippen molar-refractivity contribution in [1.82, 2.24) is 9.97 Å². The molecule has 1 aromatic heterocycles. The maximum absolute atomic E-state index is 11.3. The monoisotopic (exact) mass is 377 g/mol. The SMILES string of the molecule is COc1ccc(Br)c(CNc2ccc3[nH]c(=O)[nH]c3c2)c1OC. The van der Waals surface area contributed by atoms with Crippen molar-refractivity contribution in [2.24, 2.45) is 0 Å². The van der Waals surface area contributed by atoms with Gasteiger partial charge >= 0.3 is 5.69 Å². The number of imidazole rings is 1. The second kappa shape index (κ2) is 6.37. The van der Waals surface area contributed by atoms with E-state index in [0.717, 1.165) is 26.8 Å². The molecule has 0 fully saturated rings. The predicted molar refractivity (Wildman–Crippen MR) is 93.5 cm³/mol. The van der Waals surface area contributed by atoms with Gasteiger partial charge in [0, 0.05) is 22.3 Å². The Morgan fingerprint density at radius 3 is 2.61 bits per heavy atom. The first-order valence-electron chi connectivity index (χ1n) is 6.97. The molecule has 0 aliphatic rings. The number of H-pyrrole nitrogens is 2. The molecule has 3 N–H and O–H groups in total. The van der Waals surface area contributed by atoms with Gasteiger partial charge in [0.25, 0.3) is 0 Å². The summed E-state index contributed by atoms with van der Waals surface area (Å²) < 4.78 is 11.7. The molecule has 0 atom stereocenters. The molecule has 0 aliphatic heterocycles. The third-order valence-corrected chi connectivity index (χ3v) is 4.32. The number of nitrogens with one attached hydrogen (secondary N) is 3. The Bertz CT molecular complexity index is 901. The van der Waals surface area contributed by atoms with E-state index in [4.69, 9.17) is 9.47 Å². The van der Waals surface area contributed by atoms with Crippen LogP contribution in [-0.2, 0) is 6.54 Å². The van der Waals surface area contributed by atoms with Gasteiger partial charge in [0.2, 0.25) is 0 Å².